The maximum absolute atomic E-state index is 12.1. The van der Waals surface area contributed by atoms with Gasteiger partial charge in [-0.05, 0) is 44.1 Å². The standard InChI is InChI=1S/C17H24O4/c1-2-3-4-7-12-21-16(19)13-15-10-9-14(17(15)20)8-5-6-11-18/h1,9,15,18H,3-8,10-13H2. The van der Waals surface area contributed by atoms with Crippen LogP contribution in [0, 0.1) is 18.3 Å². The summed E-state index contributed by atoms with van der Waals surface area (Å²) >= 11 is 0. The molecule has 0 bridgehead atoms. The van der Waals surface area contributed by atoms with Gasteiger partial charge in [0.25, 0.3) is 0 Å². The van der Waals surface area contributed by atoms with Crippen molar-refractivity contribution in [1.29, 1.82) is 0 Å². The Labute approximate surface area is 126 Å². The van der Waals surface area contributed by atoms with Gasteiger partial charge in [0.05, 0.1) is 13.0 Å². The van der Waals surface area contributed by atoms with Gasteiger partial charge in [0.2, 0.25) is 0 Å². The Morgan fingerprint density at radius 3 is 2.90 bits per heavy atom. The van der Waals surface area contributed by atoms with Crippen molar-refractivity contribution in [3.8, 4) is 12.3 Å². The molecule has 0 heterocycles. The summed E-state index contributed by atoms with van der Waals surface area (Å²) in [6.07, 6.45) is 12.4. The number of carbonyl (C=O) groups is 2. The van der Waals surface area contributed by atoms with E-state index in [2.05, 4.69) is 5.92 Å². The Bertz CT molecular complexity index is 417. The van der Waals surface area contributed by atoms with Gasteiger partial charge in [0.1, 0.15) is 0 Å². The number of carbonyl (C=O) groups excluding carboxylic acids is 2. The molecule has 0 radical (unpaired) electrons. The minimum atomic E-state index is -0.306. The SMILES string of the molecule is C#CCCCCOC(=O)CC1CC=C(CCCCO)C1=O. The molecule has 1 N–H and O–H groups in total. The minimum absolute atomic E-state index is 0.0669. The number of ether oxygens (including phenoxy) is 1. The molecule has 4 heteroatoms. The van der Waals surface area contributed by atoms with Crippen LogP contribution in [0.1, 0.15) is 51.4 Å². The fraction of sp³-hybridized carbons (Fsp3) is 0.647. The van der Waals surface area contributed by atoms with E-state index < -0.39 is 0 Å². The lowest BCUT2D eigenvalue weighted by molar-refractivity contribution is -0.146. The molecule has 1 aliphatic carbocycles. The van der Waals surface area contributed by atoms with Crippen LogP contribution < -0.4 is 0 Å². The summed E-state index contributed by atoms with van der Waals surface area (Å²) in [4.78, 5) is 23.8. The van der Waals surface area contributed by atoms with Crippen molar-refractivity contribution in [3.63, 3.8) is 0 Å². The number of hydrogen-bond donors (Lipinski definition) is 1. The number of terminal acetylenes is 1. The molecule has 0 aliphatic heterocycles. The summed E-state index contributed by atoms with van der Waals surface area (Å²) < 4.78 is 5.12. The van der Waals surface area contributed by atoms with Crippen molar-refractivity contribution in [2.75, 3.05) is 13.2 Å². The average molecular weight is 292 g/mol. The summed E-state index contributed by atoms with van der Waals surface area (Å²) in [5.74, 6) is 2.04. The molecular weight excluding hydrogens is 268 g/mol. The first kappa shape index (κ1) is 17.5. The Hall–Kier alpha value is -1.60. The van der Waals surface area contributed by atoms with Crippen LogP contribution in [0.2, 0.25) is 0 Å². The van der Waals surface area contributed by atoms with E-state index in [9.17, 15) is 9.59 Å². The molecule has 4 nitrogen and oxygen atoms in total. The lowest BCUT2D eigenvalue weighted by atomic mass is 9.98. The number of aliphatic hydroxyl groups is 1. The second kappa shape index (κ2) is 10.2. The average Bonchev–Trinajstić information content (AvgIpc) is 2.80. The molecule has 1 rings (SSSR count). The van der Waals surface area contributed by atoms with Crippen LogP contribution in [0.15, 0.2) is 11.6 Å². The van der Waals surface area contributed by atoms with Crippen LogP contribution in [-0.4, -0.2) is 30.1 Å². The highest BCUT2D eigenvalue weighted by atomic mass is 16.5. The van der Waals surface area contributed by atoms with Crippen LogP contribution in [0.3, 0.4) is 0 Å². The molecule has 0 aromatic rings. The molecule has 0 saturated heterocycles. The predicted molar refractivity (Wildman–Crippen MR) is 80.4 cm³/mol. The normalized spacial score (nSPS) is 17.4. The highest BCUT2D eigenvalue weighted by molar-refractivity contribution is 6.01. The van der Waals surface area contributed by atoms with E-state index >= 15 is 0 Å². The van der Waals surface area contributed by atoms with Gasteiger partial charge < -0.3 is 9.84 Å². The Morgan fingerprint density at radius 1 is 1.38 bits per heavy atom. The van der Waals surface area contributed by atoms with E-state index in [1.807, 2.05) is 6.08 Å². The molecule has 0 aromatic heterocycles. The van der Waals surface area contributed by atoms with Crippen molar-refractivity contribution < 1.29 is 19.4 Å². The Morgan fingerprint density at radius 2 is 2.19 bits per heavy atom. The van der Waals surface area contributed by atoms with Gasteiger partial charge in [-0.15, -0.1) is 12.3 Å². The molecule has 1 atom stereocenters. The van der Waals surface area contributed by atoms with Crippen LogP contribution in [0.25, 0.3) is 0 Å². The van der Waals surface area contributed by atoms with E-state index in [1.54, 1.807) is 0 Å². The van der Waals surface area contributed by atoms with E-state index in [0.29, 0.717) is 32.3 Å². The number of aliphatic hydroxyl groups excluding tert-OH is 1. The van der Waals surface area contributed by atoms with Gasteiger partial charge in [0.15, 0.2) is 5.78 Å². The number of allylic oxidation sites excluding steroid dienone is 2. The molecule has 0 spiro atoms. The lowest BCUT2D eigenvalue weighted by Gasteiger charge is -2.09. The first-order valence-corrected chi connectivity index (χ1v) is 7.62. The molecule has 1 aliphatic rings. The maximum Gasteiger partial charge on any atom is 0.306 e. The zero-order chi connectivity index (χ0) is 15.5. The van der Waals surface area contributed by atoms with Crippen LogP contribution in [0.5, 0.6) is 0 Å². The minimum Gasteiger partial charge on any atom is -0.466 e. The molecular formula is C17H24O4. The summed E-state index contributed by atoms with van der Waals surface area (Å²) in [6, 6.07) is 0. The lowest BCUT2D eigenvalue weighted by Crippen LogP contribution is -2.17. The number of rotatable bonds is 10. The second-order valence-electron chi connectivity index (χ2n) is 5.29. The van der Waals surface area contributed by atoms with Gasteiger partial charge in [-0.1, -0.05) is 6.08 Å². The van der Waals surface area contributed by atoms with Crippen LogP contribution >= 0.6 is 0 Å². The second-order valence-corrected chi connectivity index (χ2v) is 5.29. The monoisotopic (exact) mass is 292 g/mol. The summed E-state index contributed by atoms with van der Waals surface area (Å²) in [6.45, 7) is 0.523. The van der Waals surface area contributed by atoms with Crippen molar-refractivity contribution in [1.82, 2.24) is 0 Å². The van der Waals surface area contributed by atoms with Crippen LogP contribution in [0.4, 0.5) is 0 Å². The van der Waals surface area contributed by atoms with Crippen LogP contribution in [-0.2, 0) is 14.3 Å². The predicted octanol–water partition coefficient (Wildman–Crippen LogP) is 2.40. The smallest absolute Gasteiger partial charge is 0.306 e. The Balaban J connectivity index is 2.20. The summed E-state index contributed by atoms with van der Waals surface area (Å²) in [5.41, 5.74) is 0.801. The highest BCUT2D eigenvalue weighted by Gasteiger charge is 2.29. The van der Waals surface area contributed by atoms with Gasteiger partial charge in [-0.2, -0.15) is 0 Å². The summed E-state index contributed by atoms with van der Waals surface area (Å²) in [7, 11) is 0. The number of Topliss-reactive ketones (excluding diaryl/α,β-unsaturated/α-hetero) is 1. The van der Waals surface area contributed by atoms with E-state index in [4.69, 9.17) is 16.3 Å². The van der Waals surface area contributed by atoms with Gasteiger partial charge in [-0.25, -0.2) is 0 Å². The third kappa shape index (κ3) is 6.59. The Kier molecular flexibility index (Phi) is 8.45. The molecule has 0 aromatic carbocycles. The van der Waals surface area contributed by atoms with Crippen molar-refractivity contribution in [3.05, 3.63) is 11.6 Å². The van der Waals surface area contributed by atoms with E-state index in [-0.39, 0.29) is 30.7 Å². The quantitative estimate of drug-likeness (QED) is 0.381. The fourth-order valence-electron chi connectivity index (χ4n) is 2.36. The van der Waals surface area contributed by atoms with Gasteiger partial charge in [-0.3, -0.25) is 9.59 Å². The number of esters is 1. The number of hydrogen-bond acceptors (Lipinski definition) is 4. The molecule has 0 saturated carbocycles. The topological polar surface area (TPSA) is 63.6 Å². The van der Waals surface area contributed by atoms with E-state index in [1.165, 1.54) is 0 Å². The zero-order valence-electron chi connectivity index (χ0n) is 12.5. The number of ketones is 1. The molecule has 0 fully saturated rings. The maximum atomic E-state index is 12.1. The summed E-state index contributed by atoms with van der Waals surface area (Å²) in [5, 5.41) is 8.74. The molecule has 116 valence electrons. The first-order valence-electron chi connectivity index (χ1n) is 7.62. The highest BCUT2D eigenvalue weighted by Crippen LogP contribution is 2.27. The number of unbranched alkanes of at least 4 members (excludes halogenated alkanes) is 3. The molecule has 1 unspecified atom stereocenters. The van der Waals surface area contributed by atoms with Crippen molar-refractivity contribution in [2.24, 2.45) is 5.92 Å². The zero-order valence-corrected chi connectivity index (χ0v) is 12.5. The third-order valence-electron chi connectivity index (χ3n) is 3.58. The van der Waals surface area contributed by atoms with Crippen molar-refractivity contribution >= 4 is 11.8 Å². The van der Waals surface area contributed by atoms with E-state index in [0.717, 1.165) is 24.8 Å². The van der Waals surface area contributed by atoms with Gasteiger partial charge in [0, 0.05) is 18.9 Å². The molecule has 21 heavy (non-hydrogen) atoms. The molecule has 0 amide bonds. The fourth-order valence-corrected chi connectivity index (χ4v) is 2.36. The third-order valence-corrected chi connectivity index (χ3v) is 3.58. The first-order chi connectivity index (χ1) is 10.2. The van der Waals surface area contributed by atoms with Gasteiger partial charge >= 0.3 is 5.97 Å². The van der Waals surface area contributed by atoms with Crippen molar-refractivity contribution in [2.45, 2.75) is 51.4 Å². The largest absolute Gasteiger partial charge is 0.466 e.